The fourth-order valence-corrected chi connectivity index (χ4v) is 5.37. The summed E-state index contributed by atoms with van der Waals surface area (Å²) in [5.74, 6) is 0.233. The average Bonchev–Trinajstić information content (AvgIpc) is 2.67. The molecule has 1 saturated carbocycles. The van der Waals surface area contributed by atoms with E-state index in [1.165, 1.54) is 4.31 Å². The number of aliphatic hydroxyl groups is 1. The predicted octanol–water partition coefficient (Wildman–Crippen LogP) is 3.90. The first-order chi connectivity index (χ1) is 12.9. The van der Waals surface area contributed by atoms with Crippen LogP contribution in [0, 0.1) is 12.8 Å². The van der Waals surface area contributed by atoms with Gasteiger partial charge in [0.2, 0.25) is 10.0 Å². The molecule has 1 N–H and O–H groups in total. The van der Waals surface area contributed by atoms with Gasteiger partial charge in [-0.1, -0.05) is 54.1 Å². The van der Waals surface area contributed by atoms with Crippen LogP contribution in [-0.2, 0) is 16.6 Å². The van der Waals surface area contributed by atoms with E-state index >= 15 is 0 Å². The number of hydrogen-bond acceptors (Lipinski definition) is 3. The van der Waals surface area contributed by atoms with Crippen LogP contribution < -0.4 is 0 Å². The van der Waals surface area contributed by atoms with Gasteiger partial charge >= 0.3 is 0 Å². The van der Waals surface area contributed by atoms with Crippen LogP contribution in [0.25, 0.3) is 0 Å². The van der Waals surface area contributed by atoms with Gasteiger partial charge in [0.05, 0.1) is 17.0 Å². The number of aliphatic hydroxyl groups excluding tert-OH is 1. The average molecular weight is 386 g/mol. The summed E-state index contributed by atoms with van der Waals surface area (Å²) in [5, 5.41) is 10.7. The zero-order valence-corrected chi connectivity index (χ0v) is 16.5. The molecule has 0 unspecified atom stereocenters. The molecule has 1 fully saturated rings. The molecule has 27 heavy (non-hydrogen) atoms. The maximum atomic E-state index is 13.4. The van der Waals surface area contributed by atoms with Gasteiger partial charge in [0.25, 0.3) is 0 Å². The minimum absolute atomic E-state index is 0.233. The monoisotopic (exact) mass is 385 g/mol. The molecule has 5 heteroatoms. The number of allylic oxidation sites excluding steroid dienone is 1. The maximum absolute atomic E-state index is 13.4. The highest BCUT2D eigenvalue weighted by Crippen LogP contribution is 2.33. The Morgan fingerprint density at radius 2 is 1.78 bits per heavy atom. The molecule has 0 spiro atoms. The topological polar surface area (TPSA) is 57.6 Å². The quantitative estimate of drug-likeness (QED) is 0.767. The molecule has 0 aliphatic heterocycles. The summed E-state index contributed by atoms with van der Waals surface area (Å²) in [4.78, 5) is 0.266. The second-order valence-corrected chi connectivity index (χ2v) is 9.18. The van der Waals surface area contributed by atoms with Crippen molar-refractivity contribution in [1.29, 1.82) is 0 Å². The third-order valence-electron chi connectivity index (χ3n) is 5.33. The minimum atomic E-state index is -3.73. The Hall–Kier alpha value is -1.95. The molecule has 144 valence electrons. The normalized spacial score (nSPS) is 23.3. The highest BCUT2D eigenvalue weighted by molar-refractivity contribution is 7.89. The Balaban J connectivity index is 1.96. The zero-order valence-electron chi connectivity index (χ0n) is 15.7. The Morgan fingerprint density at radius 1 is 1.11 bits per heavy atom. The third-order valence-corrected chi connectivity index (χ3v) is 7.22. The summed E-state index contributed by atoms with van der Waals surface area (Å²) in [6.07, 6.45) is 3.15. The first-order valence-electron chi connectivity index (χ1n) is 9.35. The number of aryl methyl sites for hydroxylation is 1. The number of benzene rings is 2. The molecule has 0 amide bonds. The number of nitrogens with zero attached hydrogens (tertiary/aromatic N) is 1. The lowest BCUT2D eigenvalue weighted by Crippen LogP contribution is -2.49. The molecule has 4 nitrogen and oxygen atoms in total. The molecule has 2 aromatic rings. The first-order valence-corrected chi connectivity index (χ1v) is 10.8. The highest BCUT2D eigenvalue weighted by Gasteiger charge is 2.38. The van der Waals surface area contributed by atoms with Crippen LogP contribution in [0.15, 0.2) is 72.1 Å². The summed E-state index contributed by atoms with van der Waals surface area (Å²) in [6, 6.07) is 16.0. The van der Waals surface area contributed by atoms with Crippen molar-refractivity contribution < 1.29 is 13.5 Å². The van der Waals surface area contributed by atoms with Gasteiger partial charge in [0.15, 0.2) is 0 Å². The fourth-order valence-electron chi connectivity index (χ4n) is 3.70. The van der Waals surface area contributed by atoms with E-state index in [2.05, 4.69) is 6.58 Å². The van der Waals surface area contributed by atoms with Crippen LogP contribution in [0.3, 0.4) is 0 Å². The van der Waals surface area contributed by atoms with Gasteiger partial charge < -0.3 is 5.11 Å². The fraction of sp³-hybridized carbons (Fsp3) is 0.364. The third kappa shape index (κ3) is 4.49. The summed E-state index contributed by atoms with van der Waals surface area (Å²) in [5.41, 5.74) is 1.92. The molecule has 3 atom stereocenters. The van der Waals surface area contributed by atoms with Crippen LogP contribution in [0.4, 0.5) is 0 Å². The van der Waals surface area contributed by atoms with Crippen LogP contribution in [0.1, 0.15) is 30.4 Å². The largest absolute Gasteiger partial charge is 0.391 e. The zero-order chi connectivity index (χ0) is 19.4. The Morgan fingerprint density at radius 3 is 2.37 bits per heavy atom. The molecule has 0 aromatic heterocycles. The van der Waals surface area contributed by atoms with E-state index in [-0.39, 0.29) is 17.4 Å². The van der Waals surface area contributed by atoms with Gasteiger partial charge in [-0.2, -0.15) is 4.31 Å². The Labute approximate surface area is 162 Å². The van der Waals surface area contributed by atoms with Crippen molar-refractivity contribution >= 4 is 10.0 Å². The van der Waals surface area contributed by atoms with Crippen LogP contribution in [0.5, 0.6) is 0 Å². The standard InChI is InChI=1S/C22H27NO3S/c1-3-18-11-14-21(22(24)15-18)23(16-19-7-5-4-6-8-19)27(25,26)20-12-9-17(2)10-13-20/h3-10,12-13,18,21-22,24H,1,11,14-16H2,2H3/t18-,21+,22-/m0/s1. The van der Waals surface area contributed by atoms with Crippen molar-refractivity contribution in [3.8, 4) is 0 Å². The van der Waals surface area contributed by atoms with E-state index in [1.54, 1.807) is 24.3 Å². The second-order valence-electron chi connectivity index (χ2n) is 7.29. The SMILES string of the molecule is C=C[C@H]1CC[C@@H](N(Cc2ccccc2)S(=O)(=O)c2ccc(C)cc2)[C@@H](O)C1. The molecule has 2 aromatic carbocycles. The summed E-state index contributed by atoms with van der Waals surface area (Å²) in [7, 11) is -3.73. The minimum Gasteiger partial charge on any atom is -0.391 e. The molecule has 0 heterocycles. The lowest BCUT2D eigenvalue weighted by Gasteiger charge is -2.39. The van der Waals surface area contributed by atoms with Gasteiger partial charge in [-0.25, -0.2) is 8.42 Å². The van der Waals surface area contributed by atoms with Crippen molar-refractivity contribution in [2.24, 2.45) is 5.92 Å². The van der Waals surface area contributed by atoms with E-state index in [0.717, 1.165) is 17.5 Å². The van der Waals surface area contributed by atoms with Crippen molar-refractivity contribution in [3.05, 3.63) is 78.4 Å². The predicted molar refractivity (Wildman–Crippen MR) is 108 cm³/mol. The Kier molecular flexibility index (Phi) is 6.15. The van der Waals surface area contributed by atoms with Crippen LogP contribution >= 0.6 is 0 Å². The second kappa shape index (κ2) is 8.38. The van der Waals surface area contributed by atoms with E-state index < -0.39 is 22.2 Å². The molecule has 3 rings (SSSR count). The molecule has 0 radical (unpaired) electrons. The lowest BCUT2D eigenvalue weighted by molar-refractivity contribution is 0.0403. The van der Waals surface area contributed by atoms with E-state index in [4.69, 9.17) is 0 Å². The molecule has 0 bridgehead atoms. The van der Waals surface area contributed by atoms with E-state index in [1.807, 2.05) is 43.3 Å². The molecular formula is C22H27NO3S. The smallest absolute Gasteiger partial charge is 0.243 e. The number of hydrogen-bond donors (Lipinski definition) is 1. The lowest BCUT2D eigenvalue weighted by atomic mass is 9.84. The van der Waals surface area contributed by atoms with Gasteiger partial charge in [-0.15, -0.1) is 6.58 Å². The van der Waals surface area contributed by atoms with Crippen LogP contribution in [-0.4, -0.2) is 30.0 Å². The van der Waals surface area contributed by atoms with Crippen LogP contribution in [0.2, 0.25) is 0 Å². The number of sulfonamides is 1. The van der Waals surface area contributed by atoms with Crippen molar-refractivity contribution in [2.75, 3.05) is 0 Å². The van der Waals surface area contributed by atoms with Crippen molar-refractivity contribution in [2.45, 2.75) is 49.8 Å². The maximum Gasteiger partial charge on any atom is 0.243 e. The number of rotatable bonds is 6. The molecular weight excluding hydrogens is 358 g/mol. The molecule has 1 aliphatic carbocycles. The highest BCUT2D eigenvalue weighted by atomic mass is 32.2. The van der Waals surface area contributed by atoms with Gasteiger partial charge in [0.1, 0.15) is 0 Å². The summed E-state index contributed by atoms with van der Waals surface area (Å²) in [6.45, 7) is 5.99. The van der Waals surface area contributed by atoms with E-state index in [0.29, 0.717) is 12.8 Å². The molecule has 1 aliphatic rings. The van der Waals surface area contributed by atoms with Gasteiger partial charge in [-0.05, 0) is 49.8 Å². The molecule has 0 saturated heterocycles. The van der Waals surface area contributed by atoms with Gasteiger partial charge in [0, 0.05) is 6.54 Å². The van der Waals surface area contributed by atoms with Crippen molar-refractivity contribution in [3.63, 3.8) is 0 Å². The van der Waals surface area contributed by atoms with Gasteiger partial charge in [-0.3, -0.25) is 0 Å². The van der Waals surface area contributed by atoms with E-state index in [9.17, 15) is 13.5 Å². The Bertz CT molecular complexity index is 862. The van der Waals surface area contributed by atoms with Crippen molar-refractivity contribution in [1.82, 2.24) is 4.31 Å². The first kappa shape index (κ1) is 19.8. The summed E-state index contributed by atoms with van der Waals surface area (Å²) >= 11 is 0. The summed E-state index contributed by atoms with van der Waals surface area (Å²) < 4.78 is 28.4.